The molecule has 0 fully saturated rings. The molecule has 10 N–H and O–H groups in total. The first-order chi connectivity index (χ1) is 5.46. The van der Waals surface area contributed by atoms with Crippen LogP contribution in [0.3, 0.4) is 0 Å². The Kier molecular flexibility index (Phi) is 19.6. The fraction of sp³-hybridized carbons (Fsp3) is 0. The average Bonchev–Trinajstić information content (AvgIpc) is 2.05. The van der Waals surface area contributed by atoms with Gasteiger partial charge in [-0.25, -0.2) is 0 Å². The van der Waals surface area contributed by atoms with Gasteiger partial charge in [0, 0.05) is 0 Å². The van der Waals surface area contributed by atoms with Gasteiger partial charge in [0.05, 0.1) is 0 Å². The Balaban J connectivity index is -0.000000117. The Morgan fingerprint density at radius 3 is 1.14 bits per heavy atom. The Bertz CT molecular complexity index is 159. The SMILES string of the molecule is O=C([O-])[C-](O)[C-](O)C(=O)[O-].[NH4+].[NH4+].[O]=[V+2]. The van der Waals surface area contributed by atoms with E-state index < -0.39 is 24.1 Å². The van der Waals surface area contributed by atoms with Crippen LogP contribution in [0.1, 0.15) is 0 Å². The topological polar surface area (TPSA) is 211 Å². The van der Waals surface area contributed by atoms with Crippen LogP contribution in [0.2, 0.25) is 0 Å². The number of carboxylic acids is 2. The summed E-state index contributed by atoms with van der Waals surface area (Å²) in [5.41, 5.74) is 0. The van der Waals surface area contributed by atoms with Crippen molar-refractivity contribution in [3.05, 3.63) is 12.2 Å². The van der Waals surface area contributed by atoms with Crippen molar-refractivity contribution in [1.82, 2.24) is 12.3 Å². The van der Waals surface area contributed by atoms with E-state index in [1.54, 1.807) is 0 Å². The van der Waals surface area contributed by atoms with Crippen LogP contribution in [0.4, 0.5) is 0 Å². The molecule has 0 unspecified atom stereocenters. The number of carbonyl (C=O) groups is 2. The molecular weight excluding hydrogens is 239 g/mol. The quantitative estimate of drug-likeness (QED) is 0.378. The molecule has 0 saturated heterocycles. The maximum atomic E-state index is 9.58. The van der Waals surface area contributed by atoms with Gasteiger partial charge in [-0.1, -0.05) is 11.9 Å². The van der Waals surface area contributed by atoms with Gasteiger partial charge in [0.2, 0.25) is 0 Å². The molecule has 0 atom stereocenters. The third kappa shape index (κ3) is 9.00. The van der Waals surface area contributed by atoms with E-state index in [4.69, 9.17) is 13.9 Å². The number of hydrogen-bond donors (Lipinski definition) is 4. The second kappa shape index (κ2) is 11.9. The van der Waals surface area contributed by atoms with E-state index in [-0.39, 0.29) is 12.3 Å². The van der Waals surface area contributed by atoms with Crippen molar-refractivity contribution in [3.63, 3.8) is 0 Å². The summed E-state index contributed by atoms with van der Waals surface area (Å²) in [7, 11) is 0. The predicted octanol–water partition coefficient (Wildman–Crippen LogP) is -3.07. The zero-order valence-electron chi connectivity index (χ0n) is 7.38. The van der Waals surface area contributed by atoms with Crippen molar-refractivity contribution in [2.75, 3.05) is 0 Å². The number of carbonyl (C=O) groups excluding carboxylic acids is 2. The number of aliphatic hydroxyl groups is 2. The Morgan fingerprint density at radius 2 is 1.07 bits per heavy atom. The third-order valence-electron chi connectivity index (χ3n) is 0.611. The van der Waals surface area contributed by atoms with E-state index in [1.165, 1.54) is 0 Å². The van der Waals surface area contributed by atoms with Gasteiger partial charge in [-0.15, -0.1) is 0 Å². The fourth-order valence-electron chi connectivity index (χ4n) is 0.193. The van der Waals surface area contributed by atoms with Crippen molar-refractivity contribution in [2.24, 2.45) is 0 Å². The van der Waals surface area contributed by atoms with Crippen LogP contribution in [0.25, 0.3) is 0 Å². The molecule has 0 aromatic heterocycles. The van der Waals surface area contributed by atoms with Gasteiger partial charge in [0.25, 0.3) is 0 Å². The zero-order valence-corrected chi connectivity index (χ0v) is 8.78. The van der Waals surface area contributed by atoms with Crippen molar-refractivity contribution < 1.29 is 51.1 Å². The van der Waals surface area contributed by atoms with E-state index in [9.17, 15) is 19.8 Å². The van der Waals surface area contributed by atoms with E-state index >= 15 is 0 Å². The molecule has 0 aliphatic carbocycles. The van der Waals surface area contributed by atoms with E-state index in [0.29, 0.717) is 0 Å². The molecule has 0 heterocycles. The van der Waals surface area contributed by atoms with E-state index in [2.05, 4.69) is 0 Å². The van der Waals surface area contributed by atoms with Crippen molar-refractivity contribution >= 4 is 11.9 Å². The molecule has 0 aliphatic heterocycles. The van der Waals surface area contributed by atoms with Gasteiger partial charge in [-0.05, 0) is 0 Å². The standard InChI is InChI=1S/C4H4O6.2H3N.O.V/c5-1(3(7)8)2(6)4(9)10;;;;/h5-6H,(H,7,8)(H,9,10);2*1H3;;/q-2;;;;+2. The molecule has 9 nitrogen and oxygen atoms in total. The summed E-state index contributed by atoms with van der Waals surface area (Å²) in [6, 6.07) is 0. The van der Waals surface area contributed by atoms with Gasteiger partial charge < -0.3 is 54.5 Å². The van der Waals surface area contributed by atoms with Crippen LogP contribution in [0.5, 0.6) is 0 Å². The Labute approximate surface area is 88.1 Å². The number of hydrogen-bond acceptors (Lipinski definition) is 7. The molecule has 0 bridgehead atoms. The number of carboxylic acid groups (broad SMARTS) is 2. The molecule has 0 radical (unpaired) electrons. The zero-order chi connectivity index (χ0) is 10.3. The average molecular weight is 249 g/mol. The first kappa shape index (κ1) is 23.1. The van der Waals surface area contributed by atoms with Gasteiger partial charge in [0.1, 0.15) is 0 Å². The number of aliphatic carboxylic acids is 2. The Hall–Kier alpha value is -1.10. The number of quaternary nitrogens is 2. The summed E-state index contributed by atoms with van der Waals surface area (Å²) in [5, 5.41) is 35.4. The molecule has 0 aromatic rings. The second-order valence-corrected chi connectivity index (χ2v) is 1.27. The molecule has 0 aromatic carbocycles. The van der Waals surface area contributed by atoms with Gasteiger partial charge in [0.15, 0.2) is 0 Å². The van der Waals surface area contributed by atoms with Crippen LogP contribution < -0.4 is 22.5 Å². The number of aliphatic hydroxyl groups excluding tert-OH is 2. The molecule has 0 spiro atoms. The molecule has 0 amide bonds. The second-order valence-electron chi connectivity index (χ2n) is 1.27. The van der Waals surface area contributed by atoms with E-state index in [1.807, 2.05) is 0 Å². The normalized spacial score (nSPS) is 6.57. The van der Waals surface area contributed by atoms with Crippen molar-refractivity contribution in [2.45, 2.75) is 0 Å². The molecular formula is C4H10N2O7V. The first-order valence-corrected chi connectivity index (χ1v) is 2.77. The molecule has 0 saturated carbocycles. The molecule has 83 valence electrons. The molecule has 10 heteroatoms. The molecule has 14 heavy (non-hydrogen) atoms. The Morgan fingerprint density at radius 1 is 0.929 bits per heavy atom. The molecule has 0 aliphatic rings. The van der Waals surface area contributed by atoms with Crippen LogP contribution in [-0.2, 0) is 30.6 Å². The predicted molar refractivity (Wildman–Crippen MR) is 33.0 cm³/mol. The van der Waals surface area contributed by atoms with Crippen LogP contribution >= 0.6 is 0 Å². The van der Waals surface area contributed by atoms with Crippen LogP contribution in [0, 0.1) is 12.2 Å². The summed E-state index contributed by atoms with van der Waals surface area (Å²) in [6.07, 6.45) is -3.50. The van der Waals surface area contributed by atoms with Crippen LogP contribution in [0.15, 0.2) is 0 Å². The monoisotopic (exact) mass is 249 g/mol. The minimum absolute atomic E-state index is 0. The van der Waals surface area contributed by atoms with Crippen molar-refractivity contribution in [1.29, 1.82) is 0 Å². The van der Waals surface area contributed by atoms with Gasteiger partial charge >= 0.3 is 21.0 Å². The third-order valence-corrected chi connectivity index (χ3v) is 0.611. The first-order valence-electron chi connectivity index (χ1n) is 2.20. The van der Waals surface area contributed by atoms with Crippen molar-refractivity contribution in [3.8, 4) is 0 Å². The minimum atomic E-state index is -2.18. The summed E-state index contributed by atoms with van der Waals surface area (Å²) in [5.74, 6) is -4.36. The van der Waals surface area contributed by atoms with Gasteiger partial charge in [-0.3, -0.25) is 0 Å². The molecule has 0 rings (SSSR count). The summed E-state index contributed by atoms with van der Waals surface area (Å²) in [4.78, 5) is 19.2. The summed E-state index contributed by atoms with van der Waals surface area (Å²) in [6.45, 7) is 0. The van der Waals surface area contributed by atoms with E-state index in [0.717, 1.165) is 17.4 Å². The fourth-order valence-corrected chi connectivity index (χ4v) is 0.193. The maximum absolute atomic E-state index is 9.58. The summed E-state index contributed by atoms with van der Waals surface area (Å²) >= 11 is 1.06. The number of rotatable bonds is 3. The van der Waals surface area contributed by atoms with Gasteiger partial charge in [-0.2, -0.15) is 0 Å². The van der Waals surface area contributed by atoms with Crippen LogP contribution in [-0.4, -0.2) is 22.2 Å². The summed E-state index contributed by atoms with van der Waals surface area (Å²) < 4.78 is 8.19.